The fourth-order valence-electron chi connectivity index (χ4n) is 3.05. The smallest absolute Gasteiger partial charge is 0.123 e. The predicted octanol–water partition coefficient (Wildman–Crippen LogP) is 4.22. The summed E-state index contributed by atoms with van der Waals surface area (Å²) in [7, 11) is 0. The first-order chi connectivity index (χ1) is 11.2. The Morgan fingerprint density at radius 2 is 1.43 bits per heavy atom. The van der Waals surface area contributed by atoms with Gasteiger partial charge in [0, 0.05) is 6.54 Å². The van der Waals surface area contributed by atoms with Gasteiger partial charge >= 0.3 is 0 Å². The lowest BCUT2D eigenvalue weighted by atomic mass is 9.89. The van der Waals surface area contributed by atoms with Crippen molar-refractivity contribution >= 4 is 0 Å². The largest absolute Gasteiger partial charge is 0.492 e. The molecule has 23 heavy (non-hydrogen) atoms. The topological polar surface area (TPSA) is 12.5 Å². The lowest BCUT2D eigenvalue weighted by Crippen LogP contribution is -2.35. The monoisotopic (exact) mass is 317 g/mol. The minimum atomic E-state index is -0.250. The zero-order chi connectivity index (χ0) is 16.1. The fraction of sp³-hybridized carbons (Fsp3) is 0.368. The number of ether oxygens (including phenoxy) is 1. The highest BCUT2D eigenvalue weighted by atomic mass is 19.1. The molecule has 0 aliphatic carbocycles. The SMILES string of the molecule is Fc1ccc(OCCN2CCC(c3ccc(F)cc3)CC2)cc1. The number of rotatable bonds is 5. The van der Waals surface area contributed by atoms with Crippen LogP contribution in [0.2, 0.25) is 0 Å². The third kappa shape index (κ3) is 4.52. The van der Waals surface area contributed by atoms with E-state index in [0.29, 0.717) is 18.3 Å². The van der Waals surface area contributed by atoms with Crippen molar-refractivity contribution in [2.24, 2.45) is 0 Å². The molecule has 4 heteroatoms. The molecule has 0 atom stereocenters. The first-order valence-electron chi connectivity index (χ1n) is 8.07. The molecule has 1 fully saturated rings. The molecule has 1 saturated heterocycles. The van der Waals surface area contributed by atoms with E-state index in [4.69, 9.17) is 4.74 Å². The normalized spacial score (nSPS) is 16.4. The van der Waals surface area contributed by atoms with E-state index >= 15 is 0 Å². The third-order valence-electron chi connectivity index (χ3n) is 4.42. The van der Waals surface area contributed by atoms with E-state index in [0.717, 1.165) is 32.5 Å². The van der Waals surface area contributed by atoms with E-state index in [1.165, 1.54) is 29.8 Å². The Morgan fingerprint density at radius 1 is 0.870 bits per heavy atom. The molecule has 0 spiro atoms. The Kier molecular flexibility index (Phi) is 5.23. The van der Waals surface area contributed by atoms with Gasteiger partial charge in [0.1, 0.15) is 24.0 Å². The second-order valence-electron chi connectivity index (χ2n) is 5.97. The van der Waals surface area contributed by atoms with Crippen molar-refractivity contribution in [3.63, 3.8) is 0 Å². The molecule has 2 aromatic rings. The summed E-state index contributed by atoms with van der Waals surface area (Å²) in [4.78, 5) is 2.38. The third-order valence-corrected chi connectivity index (χ3v) is 4.42. The Morgan fingerprint density at radius 3 is 2.04 bits per heavy atom. The van der Waals surface area contributed by atoms with E-state index in [9.17, 15) is 8.78 Å². The van der Waals surface area contributed by atoms with Crippen LogP contribution in [0.5, 0.6) is 5.75 Å². The number of likely N-dealkylation sites (tertiary alicyclic amines) is 1. The molecule has 0 amide bonds. The molecule has 1 heterocycles. The molecule has 0 unspecified atom stereocenters. The summed E-state index contributed by atoms with van der Waals surface area (Å²) in [6, 6.07) is 13.0. The Hall–Kier alpha value is -1.94. The first-order valence-corrected chi connectivity index (χ1v) is 8.07. The van der Waals surface area contributed by atoms with Crippen molar-refractivity contribution in [3.8, 4) is 5.75 Å². The molecule has 0 bridgehead atoms. The fourth-order valence-corrected chi connectivity index (χ4v) is 3.05. The maximum atomic E-state index is 13.0. The molecule has 0 aromatic heterocycles. The van der Waals surface area contributed by atoms with Gasteiger partial charge in [-0.05, 0) is 73.8 Å². The molecule has 0 radical (unpaired) electrons. The van der Waals surface area contributed by atoms with Crippen molar-refractivity contribution in [1.29, 1.82) is 0 Å². The molecule has 0 saturated carbocycles. The number of halogens is 2. The summed E-state index contributed by atoms with van der Waals surface area (Å²) in [5.41, 5.74) is 1.23. The van der Waals surface area contributed by atoms with Crippen LogP contribution < -0.4 is 4.74 Å². The van der Waals surface area contributed by atoms with E-state index in [-0.39, 0.29) is 11.6 Å². The molecule has 0 N–H and O–H groups in total. The molecular formula is C19H21F2NO. The highest BCUT2D eigenvalue weighted by molar-refractivity contribution is 5.22. The van der Waals surface area contributed by atoms with Gasteiger partial charge in [0.05, 0.1) is 0 Å². The number of benzene rings is 2. The van der Waals surface area contributed by atoms with Crippen LogP contribution in [0, 0.1) is 11.6 Å². The van der Waals surface area contributed by atoms with Crippen LogP contribution in [0.4, 0.5) is 8.78 Å². The second kappa shape index (κ2) is 7.55. The maximum absolute atomic E-state index is 13.0. The minimum Gasteiger partial charge on any atom is -0.492 e. The number of hydrogen-bond donors (Lipinski definition) is 0. The molecule has 2 aromatic carbocycles. The highest BCUT2D eigenvalue weighted by Gasteiger charge is 2.20. The van der Waals surface area contributed by atoms with Crippen LogP contribution >= 0.6 is 0 Å². The molecule has 2 nitrogen and oxygen atoms in total. The van der Waals surface area contributed by atoms with Crippen LogP contribution in [-0.2, 0) is 0 Å². The summed E-state index contributed by atoms with van der Waals surface area (Å²) in [6.45, 7) is 3.52. The first kappa shape index (κ1) is 15.9. The van der Waals surface area contributed by atoms with Crippen LogP contribution in [-0.4, -0.2) is 31.1 Å². The Balaban J connectivity index is 1.40. The van der Waals surface area contributed by atoms with Gasteiger partial charge in [-0.2, -0.15) is 0 Å². The average molecular weight is 317 g/mol. The lowest BCUT2D eigenvalue weighted by molar-refractivity contribution is 0.173. The molecular weight excluding hydrogens is 296 g/mol. The number of hydrogen-bond acceptors (Lipinski definition) is 2. The molecule has 1 aliphatic heterocycles. The summed E-state index contributed by atoms with van der Waals surface area (Å²) >= 11 is 0. The molecule has 122 valence electrons. The predicted molar refractivity (Wildman–Crippen MR) is 86.7 cm³/mol. The second-order valence-corrected chi connectivity index (χ2v) is 5.97. The van der Waals surface area contributed by atoms with Gasteiger partial charge in [-0.1, -0.05) is 12.1 Å². The van der Waals surface area contributed by atoms with Crippen LogP contribution in [0.1, 0.15) is 24.3 Å². The van der Waals surface area contributed by atoms with E-state index in [2.05, 4.69) is 4.90 Å². The standard InChI is InChI=1S/C19H21F2NO/c20-17-3-1-15(2-4-17)16-9-11-22(12-10-16)13-14-23-19-7-5-18(21)6-8-19/h1-8,16H,9-14H2. The average Bonchev–Trinajstić information content (AvgIpc) is 2.58. The lowest BCUT2D eigenvalue weighted by Gasteiger charge is -2.32. The summed E-state index contributed by atoms with van der Waals surface area (Å²) in [5.74, 6) is 0.793. The number of piperidine rings is 1. The zero-order valence-corrected chi connectivity index (χ0v) is 13.1. The van der Waals surface area contributed by atoms with Gasteiger partial charge in [0.15, 0.2) is 0 Å². The highest BCUT2D eigenvalue weighted by Crippen LogP contribution is 2.27. The Bertz CT molecular complexity index is 602. The quantitative estimate of drug-likeness (QED) is 0.818. The van der Waals surface area contributed by atoms with Gasteiger partial charge in [0.25, 0.3) is 0 Å². The minimum absolute atomic E-state index is 0.177. The molecule has 3 rings (SSSR count). The Labute approximate surface area is 135 Å². The van der Waals surface area contributed by atoms with Gasteiger partial charge in [0.2, 0.25) is 0 Å². The van der Waals surface area contributed by atoms with Crippen molar-refractivity contribution in [2.75, 3.05) is 26.2 Å². The van der Waals surface area contributed by atoms with Gasteiger partial charge < -0.3 is 4.74 Å². The number of nitrogens with zero attached hydrogens (tertiary/aromatic N) is 1. The van der Waals surface area contributed by atoms with E-state index in [1.807, 2.05) is 12.1 Å². The van der Waals surface area contributed by atoms with Crippen LogP contribution in [0.25, 0.3) is 0 Å². The van der Waals surface area contributed by atoms with Crippen LogP contribution in [0.3, 0.4) is 0 Å². The van der Waals surface area contributed by atoms with Crippen molar-refractivity contribution in [3.05, 3.63) is 65.7 Å². The maximum Gasteiger partial charge on any atom is 0.123 e. The van der Waals surface area contributed by atoms with Gasteiger partial charge in [-0.3, -0.25) is 4.90 Å². The van der Waals surface area contributed by atoms with Crippen LogP contribution in [0.15, 0.2) is 48.5 Å². The van der Waals surface area contributed by atoms with E-state index in [1.54, 1.807) is 12.1 Å². The van der Waals surface area contributed by atoms with Gasteiger partial charge in [-0.25, -0.2) is 8.78 Å². The van der Waals surface area contributed by atoms with Crippen molar-refractivity contribution < 1.29 is 13.5 Å². The summed E-state index contributed by atoms with van der Waals surface area (Å²) in [5, 5.41) is 0. The molecule has 1 aliphatic rings. The summed E-state index contributed by atoms with van der Waals surface area (Å²) < 4.78 is 31.4. The summed E-state index contributed by atoms with van der Waals surface area (Å²) in [6.07, 6.45) is 2.17. The zero-order valence-electron chi connectivity index (χ0n) is 13.1. The van der Waals surface area contributed by atoms with Crippen molar-refractivity contribution in [1.82, 2.24) is 4.90 Å². The van der Waals surface area contributed by atoms with Gasteiger partial charge in [-0.15, -0.1) is 0 Å². The van der Waals surface area contributed by atoms with E-state index < -0.39 is 0 Å². The van der Waals surface area contributed by atoms with Crippen molar-refractivity contribution in [2.45, 2.75) is 18.8 Å².